The third-order valence-electron chi connectivity index (χ3n) is 3.32. The van der Waals surface area contributed by atoms with Crippen LogP contribution in [0.1, 0.15) is 23.0 Å². The Kier molecular flexibility index (Phi) is 4.16. The molecule has 0 unspecified atom stereocenters. The average molecular weight is 331 g/mol. The van der Waals surface area contributed by atoms with Gasteiger partial charge in [-0.1, -0.05) is 17.7 Å². The molecule has 1 aromatic carbocycles. The summed E-state index contributed by atoms with van der Waals surface area (Å²) in [7, 11) is 0. The molecular weight excluding hydrogens is 316 g/mol. The number of carbonyl (C=O) groups excluding carboxylic acids is 1. The molecule has 0 amide bonds. The Morgan fingerprint density at radius 1 is 1.43 bits per heavy atom. The molecule has 0 saturated carbocycles. The van der Waals surface area contributed by atoms with Crippen LogP contribution in [-0.4, -0.2) is 27.5 Å². The first-order valence-corrected chi connectivity index (χ1v) is 7.51. The van der Waals surface area contributed by atoms with Crippen molar-refractivity contribution in [3.05, 3.63) is 46.9 Å². The number of benzene rings is 1. The summed E-state index contributed by atoms with van der Waals surface area (Å²) in [6.07, 6.45) is 1.53. The number of imidazole rings is 1. The van der Waals surface area contributed by atoms with Crippen LogP contribution in [0.5, 0.6) is 0 Å². The van der Waals surface area contributed by atoms with Crippen LogP contribution < -0.4 is 5.32 Å². The van der Waals surface area contributed by atoms with Crippen LogP contribution in [0.2, 0.25) is 5.02 Å². The molecule has 3 aromatic rings. The molecule has 23 heavy (non-hydrogen) atoms. The van der Waals surface area contributed by atoms with Crippen LogP contribution in [0.3, 0.4) is 0 Å². The molecule has 0 atom stereocenters. The van der Waals surface area contributed by atoms with Crippen molar-refractivity contribution < 1.29 is 9.53 Å². The Morgan fingerprint density at radius 3 is 3.00 bits per heavy atom. The molecule has 118 valence electrons. The number of aryl methyl sites for hydroxylation is 1. The maximum Gasteiger partial charge on any atom is 0.342 e. The predicted octanol–water partition coefficient (Wildman–Crippen LogP) is 3.84. The highest BCUT2D eigenvalue weighted by molar-refractivity contribution is 6.30. The lowest BCUT2D eigenvalue weighted by Crippen LogP contribution is -2.10. The van der Waals surface area contributed by atoms with Crippen LogP contribution in [0, 0.1) is 6.92 Å². The van der Waals surface area contributed by atoms with E-state index < -0.39 is 5.97 Å². The summed E-state index contributed by atoms with van der Waals surface area (Å²) in [6.45, 7) is 3.83. The van der Waals surface area contributed by atoms with E-state index in [-0.39, 0.29) is 0 Å². The normalized spacial score (nSPS) is 10.7. The lowest BCUT2D eigenvalue weighted by atomic mass is 10.1. The van der Waals surface area contributed by atoms with Gasteiger partial charge in [-0.05, 0) is 32.0 Å². The highest BCUT2D eigenvalue weighted by Gasteiger charge is 2.20. The van der Waals surface area contributed by atoms with Gasteiger partial charge in [0.2, 0.25) is 0 Å². The number of aromatic amines is 1. The van der Waals surface area contributed by atoms with Gasteiger partial charge in [0.1, 0.15) is 11.1 Å². The number of pyridine rings is 1. The Bertz CT molecular complexity index is 876. The summed E-state index contributed by atoms with van der Waals surface area (Å²) in [4.78, 5) is 23.9. The summed E-state index contributed by atoms with van der Waals surface area (Å²) in [6, 6.07) is 7.29. The van der Waals surface area contributed by atoms with Gasteiger partial charge in [0, 0.05) is 10.7 Å². The molecule has 0 fully saturated rings. The van der Waals surface area contributed by atoms with E-state index in [1.807, 2.05) is 12.1 Å². The summed E-state index contributed by atoms with van der Waals surface area (Å²) in [5.41, 5.74) is 2.91. The molecule has 0 aliphatic heterocycles. The summed E-state index contributed by atoms with van der Waals surface area (Å²) in [5, 5.41) is 3.80. The quantitative estimate of drug-likeness (QED) is 0.710. The van der Waals surface area contributed by atoms with Gasteiger partial charge in [-0.25, -0.2) is 14.8 Å². The van der Waals surface area contributed by atoms with E-state index in [1.54, 1.807) is 26.0 Å². The van der Waals surface area contributed by atoms with Gasteiger partial charge in [-0.3, -0.25) is 0 Å². The molecule has 0 spiro atoms. The molecule has 2 aromatic heterocycles. The molecule has 2 heterocycles. The molecule has 0 bridgehead atoms. The van der Waals surface area contributed by atoms with E-state index in [0.717, 1.165) is 5.69 Å². The van der Waals surface area contributed by atoms with Gasteiger partial charge < -0.3 is 15.0 Å². The number of esters is 1. The standard InChI is InChI=1S/C16H15ClN4O2/c1-3-23-16(22)12-9(2)20-15(14-13(12)18-8-19-14)21-11-6-4-5-10(17)7-11/h4-8H,3H2,1-2H3,(H,18,19)(H,20,21). The van der Waals surface area contributed by atoms with E-state index in [4.69, 9.17) is 16.3 Å². The van der Waals surface area contributed by atoms with Crippen LogP contribution in [-0.2, 0) is 4.74 Å². The number of fused-ring (bicyclic) bond motifs is 1. The second-order valence-corrected chi connectivity index (χ2v) is 5.34. The zero-order valence-corrected chi connectivity index (χ0v) is 13.4. The Morgan fingerprint density at radius 2 is 2.26 bits per heavy atom. The number of H-pyrrole nitrogens is 1. The zero-order valence-electron chi connectivity index (χ0n) is 12.7. The van der Waals surface area contributed by atoms with Gasteiger partial charge in [-0.15, -0.1) is 0 Å². The average Bonchev–Trinajstić information content (AvgIpc) is 2.97. The van der Waals surface area contributed by atoms with Gasteiger partial charge in [0.05, 0.1) is 24.1 Å². The van der Waals surface area contributed by atoms with E-state index in [1.165, 1.54) is 6.33 Å². The van der Waals surface area contributed by atoms with E-state index in [9.17, 15) is 4.79 Å². The number of hydrogen-bond acceptors (Lipinski definition) is 5. The van der Waals surface area contributed by atoms with Crippen LogP contribution in [0.15, 0.2) is 30.6 Å². The zero-order chi connectivity index (χ0) is 16.4. The van der Waals surface area contributed by atoms with Crippen molar-refractivity contribution in [2.24, 2.45) is 0 Å². The first-order valence-electron chi connectivity index (χ1n) is 7.13. The van der Waals surface area contributed by atoms with E-state index in [2.05, 4.69) is 20.3 Å². The van der Waals surface area contributed by atoms with Crippen molar-refractivity contribution >= 4 is 40.1 Å². The first kappa shape index (κ1) is 15.3. The first-order chi connectivity index (χ1) is 11.1. The number of carbonyl (C=O) groups is 1. The monoisotopic (exact) mass is 330 g/mol. The minimum atomic E-state index is -0.416. The largest absolute Gasteiger partial charge is 0.462 e. The van der Waals surface area contributed by atoms with Crippen molar-refractivity contribution in [3.8, 4) is 0 Å². The number of nitrogens with zero attached hydrogens (tertiary/aromatic N) is 2. The van der Waals surface area contributed by atoms with Crippen molar-refractivity contribution in [1.29, 1.82) is 0 Å². The van der Waals surface area contributed by atoms with Gasteiger partial charge in [0.15, 0.2) is 5.82 Å². The van der Waals surface area contributed by atoms with Crippen molar-refractivity contribution in [3.63, 3.8) is 0 Å². The fourth-order valence-corrected chi connectivity index (χ4v) is 2.56. The second kappa shape index (κ2) is 6.26. The SMILES string of the molecule is CCOC(=O)c1c(C)nc(Nc2cccc(Cl)c2)c2nc[nH]c12. The minimum absolute atomic E-state index is 0.302. The number of rotatable bonds is 4. The van der Waals surface area contributed by atoms with E-state index in [0.29, 0.717) is 39.7 Å². The molecule has 0 aliphatic carbocycles. The molecule has 0 saturated heterocycles. The highest BCUT2D eigenvalue weighted by atomic mass is 35.5. The molecular formula is C16H15ClN4O2. The van der Waals surface area contributed by atoms with Crippen molar-refractivity contribution in [1.82, 2.24) is 15.0 Å². The maximum atomic E-state index is 12.1. The van der Waals surface area contributed by atoms with Crippen LogP contribution in [0.4, 0.5) is 11.5 Å². The lowest BCUT2D eigenvalue weighted by Gasteiger charge is -2.11. The Labute approximate surface area is 137 Å². The summed E-state index contributed by atoms with van der Waals surface area (Å²) in [5.74, 6) is 0.134. The molecule has 0 radical (unpaired) electrons. The van der Waals surface area contributed by atoms with Crippen LogP contribution in [0.25, 0.3) is 11.0 Å². The third kappa shape index (κ3) is 2.98. The molecule has 7 heteroatoms. The number of nitrogens with one attached hydrogen (secondary N) is 2. The number of hydrogen-bond donors (Lipinski definition) is 2. The van der Waals surface area contributed by atoms with Crippen molar-refractivity contribution in [2.75, 3.05) is 11.9 Å². The number of ether oxygens (including phenoxy) is 1. The van der Waals surface area contributed by atoms with E-state index >= 15 is 0 Å². The van der Waals surface area contributed by atoms with Crippen molar-refractivity contribution in [2.45, 2.75) is 13.8 Å². The second-order valence-electron chi connectivity index (χ2n) is 4.90. The number of halogens is 1. The molecule has 0 aliphatic rings. The maximum absolute atomic E-state index is 12.1. The van der Waals surface area contributed by atoms with Gasteiger partial charge in [0.25, 0.3) is 0 Å². The number of aromatic nitrogens is 3. The Hall–Kier alpha value is -2.60. The number of anilines is 2. The highest BCUT2D eigenvalue weighted by Crippen LogP contribution is 2.28. The van der Waals surface area contributed by atoms with Gasteiger partial charge >= 0.3 is 5.97 Å². The summed E-state index contributed by atoms with van der Waals surface area (Å²) >= 11 is 6.00. The molecule has 3 rings (SSSR count). The Balaban J connectivity index is 2.08. The van der Waals surface area contributed by atoms with Crippen LogP contribution >= 0.6 is 11.6 Å². The minimum Gasteiger partial charge on any atom is -0.462 e. The third-order valence-corrected chi connectivity index (χ3v) is 3.56. The lowest BCUT2D eigenvalue weighted by molar-refractivity contribution is 0.0527. The summed E-state index contributed by atoms with van der Waals surface area (Å²) < 4.78 is 5.10. The fourth-order valence-electron chi connectivity index (χ4n) is 2.36. The fraction of sp³-hybridized carbons (Fsp3) is 0.188. The molecule has 6 nitrogen and oxygen atoms in total. The smallest absolute Gasteiger partial charge is 0.342 e. The van der Waals surface area contributed by atoms with Gasteiger partial charge in [-0.2, -0.15) is 0 Å². The molecule has 2 N–H and O–H groups in total. The predicted molar refractivity (Wildman–Crippen MR) is 89.3 cm³/mol. The topological polar surface area (TPSA) is 79.9 Å².